The fraction of sp³-hybridized carbons (Fsp3) is 0.286. The molecule has 2 amide bonds. The van der Waals surface area contributed by atoms with Crippen molar-refractivity contribution in [3.63, 3.8) is 0 Å². The van der Waals surface area contributed by atoms with Crippen molar-refractivity contribution in [1.29, 1.82) is 0 Å². The summed E-state index contributed by atoms with van der Waals surface area (Å²) >= 11 is 18.6. The van der Waals surface area contributed by atoms with Crippen molar-refractivity contribution in [1.82, 2.24) is 10.2 Å². The normalized spacial score (nSPS) is 12.0. The Labute approximate surface area is 244 Å². The molecule has 1 N–H and O–H groups in total. The number of halogens is 3. The third-order valence-electron chi connectivity index (χ3n) is 5.92. The Morgan fingerprint density at radius 2 is 1.56 bits per heavy atom. The van der Waals surface area contributed by atoms with Gasteiger partial charge in [-0.15, -0.1) is 0 Å². The lowest BCUT2D eigenvalue weighted by atomic mass is 10.0. The number of nitrogens with zero attached hydrogens (tertiary/aromatic N) is 2. The SMILES string of the molecule is CCCNC(=O)C(Cc1ccccc1)N(Cc1cccc(Cl)c1)C(=O)CN(c1cc(Cl)ccc1Cl)S(C)(=O)=O. The van der Waals surface area contributed by atoms with Gasteiger partial charge in [-0.2, -0.15) is 0 Å². The van der Waals surface area contributed by atoms with Crippen LogP contribution in [0.15, 0.2) is 72.8 Å². The number of hydrogen-bond donors (Lipinski definition) is 1. The van der Waals surface area contributed by atoms with Gasteiger partial charge in [-0.25, -0.2) is 8.42 Å². The molecule has 0 aliphatic heterocycles. The maximum absolute atomic E-state index is 14.0. The molecule has 0 saturated carbocycles. The molecule has 11 heteroatoms. The molecule has 3 aromatic rings. The van der Waals surface area contributed by atoms with Gasteiger partial charge in [0.25, 0.3) is 0 Å². The van der Waals surface area contributed by atoms with Crippen LogP contribution in [0.3, 0.4) is 0 Å². The summed E-state index contributed by atoms with van der Waals surface area (Å²) in [6.07, 6.45) is 1.91. The molecule has 7 nitrogen and oxygen atoms in total. The summed E-state index contributed by atoms with van der Waals surface area (Å²) in [5.74, 6) is -0.938. The molecule has 3 aromatic carbocycles. The van der Waals surface area contributed by atoms with Crippen molar-refractivity contribution < 1.29 is 18.0 Å². The van der Waals surface area contributed by atoms with Crippen LogP contribution in [0.1, 0.15) is 24.5 Å². The monoisotopic (exact) mass is 609 g/mol. The van der Waals surface area contributed by atoms with Gasteiger partial charge in [-0.3, -0.25) is 13.9 Å². The molecule has 0 aromatic heterocycles. The molecule has 0 spiro atoms. The Morgan fingerprint density at radius 3 is 2.21 bits per heavy atom. The molecule has 1 atom stereocenters. The van der Waals surface area contributed by atoms with Crippen LogP contribution in [0.4, 0.5) is 5.69 Å². The van der Waals surface area contributed by atoms with E-state index in [0.29, 0.717) is 23.6 Å². The van der Waals surface area contributed by atoms with E-state index in [2.05, 4.69) is 5.32 Å². The maximum atomic E-state index is 14.0. The zero-order chi connectivity index (χ0) is 28.6. The minimum Gasteiger partial charge on any atom is -0.354 e. The molecule has 3 rings (SSSR count). The highest BCUT2D eigenvalue weighted by Gasteiger charge is 2.33. The zero-order valence-corrected chi connectivity index (χ0v) is 24.7. The molecule has 0 fully saturated rings. The van der Waals surface area contributed by atoms with Crippen molar-refractivity contribution in [2.75, 3.05) is 23.7 Å². The molecule has 0 heterocycles. The van der Waals surface area contributed by atoms with Gasteiger partial charge < -0.3 is 10.2 Å². The molecule has 0 aliphatic carbocycles. The molecule has 0 bridgehead atoms. The topological polar surface area (TPSA) is 86.8 Å². The van der Waals surface area contributed by atoms with Crippen LogP contribution in [-0.2, 0) is 32.6 Å². The number of rotatable bonds is 12. The molecule has 0 radical (unpaired) electrons. The number of anilines is 1. The number of carbonyl (C=O) groups excluding carboxylic acids is 2. The van der Waals surface area contributed by atoms with Crippen LogP contribution in [-0.4, -0.2) is 50.5 Å². The molecule has 0 aliphatic rings. The van der Waals surface area contributed by atoms with E-state index in [4.69, 9.17) is 34.8 Å². The Bertz CT molecular complexity index is 1400. The third-order valence-corrected chi connectivity index (χ3v) is 7.83. The average molecular weight is 611 g/mol. The minimum absolute atomic E-state index is 0.0251. The van der Waals surface area contributed by atoms with E-state index >= 15 is 0 Å². The summed E-state index contributed by atoms with van der Waals surface area (Å²) < 4.78 is 26.6. The summed E-state index contributed by atoms with van der Waals surface area (Å²) in [6, 6.07) is 19.7. The van der Waals surface area contributed by atoms with E-state index in [-0.39, 0.29) is 34.6 Å². The molecular formula is C28H30Cl3N3O4S. The van der Waals surface area contributed by atoms with Crippen LogP contribution in [0, 0.1) is 0 Å². The Balaban J connectivity index is 2.07. The van der Waals surface area contributed by atoms with Gasteiger partial charge in [-0.1, -0.05) is 84.2 Å². The number of carbonyl (C=O) groups is 2. The maximum Gasteiger partial charge on any atom is 0.244 e. The lowest BCUT2D eigenvalue weighted by Gasteiger charge is -2.33. The van der Waals surface area contributed by atoms with E-state index in [0.717, 1.165) is 16.1 Å². The van der Waals surface area contributed by atoms with Crippen LogP contribution < -0.4 is 9.62 Å². The van der Waals surface area contributed by atoms with Crippen molar-refractivity contribution in [2.24, 2.45) is 0 Å². The highest BCUT2D eigenvalue weighted by atomic mass is 35.5. The quantitative estimate of drug-likeness (QED) is 0.290. The van der Waals surface area contributed by atoms with Gasteiger partial charge in [0, 0.05) is 29.6 Å². The predicted molar refractivity (Wildman–Crippen MR) is 158 cm³/mol. The summed E-state index contributed by atoms with van der Waals surface area (Å²) in [5.41, 5.74) is 1.59. The molecular weight excluding hydrogens is 581 g/mol. The van der Waals surface area contributed by atoms with Crippen molar-refractivity contribution in [2.45, 2.75) is 32.4 Å². The number of hydrogen-bond acceptors (Lipinski definition) is 4. The Kier molecular flexibility index (Phi) is 11.1. The highest BCUT2D eigenvalue weighted by Crippen LogP contribution is 2.31. The first-order chi connectivity index (χ1) is 18.5. The second-order valence-electron chi connectivity index (χ2n) is 9.01. The molecule has 0 saturated heterocycles. The van der Waals surface area contributed by atoms with Crippen LogP contribution in [0.2, 0.25) is 15.1 Å². The van der Waals surface area contributed by atoms with E-state index in [1.165, 1.54) is 23.1 Å². The molecule has 39 heavy (non-hydrogen) atoms. The fourth-order valence-corrected chi connectivity index (χ4v) is 5.53. The van der Waals surface area contributed by atoms with Crippen LogP contribution in [0.25, 0.3) is 0 Å². The third kappa shape index (κ3) is 8.86. The Morgan fingerprint density at radius 1 is 0.897 bits per heavy atom. The van der Waals surface area contributed by atoms with Crippen molar-refractivity contribution in [3.05, 3.63) is 99.0 Å². The summed E-state index contributed by atoms with van der Waals surface area (Å²) in [6.45, 7) is 1.79. The van der Waals surface area contributed by atoms with Crippen molar-refractivity contribution in [3.8, 4) is 0 Å². The smallest absolute Gasteiger partial charge is 0.244 e. The first-order valence-electron chi connectivity index (χ1n) is 12.3. The number of sulfonamides is 1. The average Bonchev–Trinajstić information content (AvgIpc) is 2.89. The van der Waals surface area contributed by atoms with Crippen LogP contribution >= 0.6 is 34.8 Å². The highest BCUT2D eigenvalue weighted by molar-refractivity contribution is 7.92. The Hall–Kier alpha value is -2.78. The number of benzene rings is 3. The lowest BCUT2D eigenvalue weighted by molar-refractivity contribution is -0.140. The first-order valence-corrected chi connectivity index (χ1v) is 15.3. The lowest BCUT2D eigenvalue weighted by Crippen LogP contribution is -2.53. The molecule has 1 unspecified atom stereocenters. The van der Waals surface area contributed by atoms with E-state index in [9.17, 15) is 18.0 Å². The standard InChI is InChI=1S/C28H30Cl3N3O4S/c1-3-14-32-28(36)26(16-20-8-5-4-6-9-20)33(18-21-10-7-11-22(29)15-21)27(35)19-34(39(2,37)38)25-17-23(30)12-13-24(25)31/h4-13,15,17,26H,3,14,16,18-19H2,1-2H3,(H,32,36). The minimum atomic E-state index is -3.96. The van der Waals surface area contributed by atoms with Crippen LogP contribution in [0.5, 0.6) is 0 Å². The second-order valence-corrected chi connectivity index (χ2v) is 12.2. The van der Waals surface area contributed by atoms with Gasteiger partial charge in [0.05, 0.1) is 17.0 Å². The molecule has 208 valence electrons. The second kappa shape index (κ2) is 14.0. The van der Waals surface area contributed by atoms with Gasteiger partial charge >= 0.3 is 0 Å². The van der Waals surface area contributed by atoms with E-state index in [1.54, 1.807) is 24.3 Å². The summed E-state index contributed by atoms with van der Waals surface area (Å²) in [4.78, 5) is 28.8. The van der Waals surface area contributed by atoms with E-state index < -0.39 is 28.5 Å². The number of nitrogens with one attached hydrogen (secondary N) is 1. The van der Waals surface area contributed by atoms with Gasteiger partial charge in [0.15, 0.2) is 0 Å². The number of amides is 2. The zero-order valence-electron chi connectivity index (χ0n) is 21.6. The van der Waals surface area contributed by atoms with Gasteiger partial charge in [0.1, 0.15) is 12.6 Å². The predicted octanol–water partition coefficient (Wildman–Crippen LogP) is 5.58. The van der Waals surface area contributed by atoms with Gasteiger partial charge in [-0.05, 0) is 47.9 Å². The van der Waals surface area contributed by atoms with E-state index in [1.807, 2.05) is 37.3 Å². The summed E-state index contributed by atoms with van der Waals surface area (Å²) in [7, 11) is -3.96. The fourth-order valence-electron chi connectivity index (χ4n) is 4.02. The van der Waals surface area contributed by atoms with Crippen molar-refractivity contribution >= 4 is 62.3 Å². The largest absolute Gasteiger partial charge is 0.354 e. The summed E-state index contributed by atoms with van der Waals surface area (Å²) in [5, 5.41) is 3.73. The first kappa shape index (κ1) is 30.8. The van der Waals surface area contributed by atoms with Gasteiger partial charge in [0.2, 0.25) is 21.8 Å².